The van der Waals surface area contributed by atoms with Crippen LogP contribution >= 0.6 is 0 Å². The Hall–Kier alpha value is -1.75. The molecule has 0 radical (unpaired) electrons. The molecule has 5 heteroatoms. The minimum Gasteiger partial charge on any atom is -0.493 e. The number of hydrogen-bond acceptors (Lipinski definition) is 3. The summed E-state index contributed by atoms with van der Waals surface area (Å²) in [6.45, 7) is 1.26. The van der Waals surface area contributed by atoms with Gasteiger partial charge in [0, 0.05) is 12.1 Å². The molecule has 0 spiro atoms. The predicted molar refractivity (Wildman–Crippen MR) is 86.3 cm³/mol. The SMILES string of the molecule is O=C(NCc1ccccc1OCC1CC1)N[C@@H]1C[C@H]2CC[C@H]1O2. The molecule has 1 aromatic carbocycles. The van der Waals surface area contributed by atoms with Crippen LogP contribution in [-0.4, -0.2) is 30.9 Å². The highest BCUT2D eigenvalue weighted by Gasteiger charge is 2.41. The molecule has 3 aliphatic rings. The molecule has 2 N–H and O–H groups in total. The summed E-state index contributed by atoms with van der Waals surface area (Å²) in [5, 5.41) is 5.99. The zero-order valence-corrected chi connectivity index (χ0v) is 13.3. The molecule has 4 rings (SSSR count). The van der Waals surface area contributed by atoms with Crippen LogP contribution in [0.5, 0.6) is 5.75 Å². The Morgan fingerprint density at radius 2 is 2.09 bits per heavy atom. The Morgan fingerprint density at radius 3 is 2.83 bits per heavy atom. The lowest BCUT2D eigenvalue weighted by Gasteiger charge is -2.20. The number of carbonyl (C=O) groups excluding carboxylic acids is 1. The molecule has 3 atom stereocenters. The van der Waals surface area contributed by atoms with Crippen LogP contribution in [0.3, 0.4) is 0 Å². The molecule has 3 fully saturated rings. The number of nitrogens with one attached hydrogen (secondary N) is 2. The van der Waals surface area contributed by atoms with Crippen molar-refractivity contribution >= 4 is 6.03 Å². The summed E-state index contributed by atoms with van der Waals surface area (Å²) in [6.07, 6.45) is 6.24. The third-order valence-corrected chi connectivity index (χ3v) is 5.01. The van der Waals surface area contributed by atoms with Gasteiger partial charge in [0.05, 0.1) is 24.9 Å². The van der Waals surface area contributed by atoms with Crippen molar-refractivity contribution in [1.82, 2.24) is 10.6 Å². The van der Waals surface area contributed by atoms with Crippen LogP contribution in [0.15, 0.2) is 24.3 Å². The van der Waals surface area contributed by atoms with E-state index in [1.807, 2.05) is 24.3 Å². The summed E-state index contributed by atoms with van der Waals surface area (Å²) in [5.74, 6) is 1.60. The molecule has 0 aromatic heterocycles. The summed E-state index contributed by atoms with van der Waals surface area (Å²) < 4.78 is 11.6. The Labute approximate surface area is 136 Å². The van der Waals surface area contributed by atoms with E-state index >= 15 is 0 Å². The maximum atomic E-state index is 12.1. The number of rotatable bonds is 6. The van der Waals surface area contributed by atoms with Gasteiger partial charge in [-0.3, -0.25) is 0 Å². The van der Waals surface area contributed by atoms with Crippen molar-refractivity contribution in [1.29, 1.82) is 0 Å². The molecular weight excluding hydrogens is 292 g/mol. The summed E-state index contributed by atoms with van der Waals surface area (Å²) >= 11 is 0. The van der Waals surface area contributed by atoms with Crippen LogP contribution in [0.1, 0.15) is 37.7 Å². The van der Waals surface area contributed by atoms with Crippen LogP contribution in [0.4, 0.5) is 4.79 Å². The second-order valence-electron chi connectivity index (χ2n) is 6.91. The van der Waals surface area contributed by atoms with E-state index in [4.69, 9.17) is 9.47 Å². The van der Waals surface area contributed by atoms with Crippen molar-refractivity contribution in [3.63, 3.8) is 0 Å². The van der Waals surface area contributed by atoms with E-state index in [0.717, 1.165) is 43.1 Å². The molecule has 124 valence electrons. The second kappa shape index (κ2) is 6.40. The van der Waals surface area contributed by atoms with Gasteiger partial charge in [-0.15, -0.1) is 0 Å². The van der Waals surface area contributed by atoms with E-state index in [1.54, 1.807) is 0 Å². The highest BCUT2D eigenvalue weighted by atomic mass is 16.5. The average molecular weight is 316 g/mol. The summed E-state index contributed by atoms with van der Waals surface area (Å²) in [6, 6.07) is 7.96. The fourth-order valence-corrected chi connectivity index (χ4v) is 3.47. The Bertz CT molecular complexity index is 573. The fraction of sp³-hybridized carbons (Fsp3) is 0.611. The topological polar surface area (TPSA) is 59.6 Å². The molecule has 23 heavy (non-hydrogen) atoms. The van der Waals surface area contributed by atoms with Crippen molar-refractivity contribution in [3.8, 4) is 5.75 Å². The lowest BCUT2D eigenvalue weighted by Crippen LogP contribution is -2.46. The maximum Gasteiger partial charge on any atom is 0.315 e. The zero-order valence-electron chi connectivity index (χ0n) is 13.3. The minimum atomic E-state index is -0.122. The van der Waals surface area contributed by atoms with Gasteiger partial charge < -0.3 is 20.1 Å². The van der Waals surface area contributed by atoms with Crippen molar-refractivity contribution in [2.45, 2.75) is 56.9 Å². The molecule has 1 aliphatic carbocycles. The standard InChI is InChI=1S/C18H24N2O3/c21-18(20-15-9-14-7-8-17(15)23-14)19-10-13-3-1-2-4-16(13)22-11-12-5-6-12/h1-4,12,14-15,17H,5-11H2,(H2,19,20,21)/t14-,15-,17-/m1/s1. The summed E-state index contributed by atoms with van der Waals surface area (Å²) in [4.78, 5) is 12.1. The molecule has 2 amide bonds. The van der Waals surface area contributed by atoms with E-state index in [0.29, 0.717) is 12.6 Å². The maximum absolute atomic E-state index is 12.1. The average Bonchev–Trinajstić information content (AvgIpc) is 3.17. The Kier molecular flexibility index (Phi) is 4.12. The number of hydrogen-bond donors (Lipinski definition) is 2. The molecule has 2 heterocycles. The monoisotopic (exact) mass is 316 g/mol. The van der Waals surface area contributed by atoms with Crippen molar-refractivity contribution in [2.24, 2.45) is 5.92 Å². The largest absolute Gasteiger partial charge is 0.493 e. The highest BCUT2D eigenvalue weighted by molar-refractivity contribution is 5.74. The normalized spacial score (nSPS) is 28.6. The van der Waals surface area contributed by atoms with Gasteiger partial charge in [-0.2, -0.15) is 0 Å². The number of benzene rings is 1. The van der Waals surface area contributed by atoms with E-state index in [-0.39, 0.29) is 18.2 Å². The van der Waals surface area contributed by atoms with Crippen LogP contribution in [0.2, 0.25) is 0 Å². The van der Waals surface area contributed by atoms with Crippen molar-refractivity contribution in [3.05, 3.63) is 29.8 Å². The number of amides is 2. The lowest BCUT2D eigenvalue weighted by atomic mass is 9.96. The van der Waals surface area contributed by atoms with E-state index in [2.05, 4.69) is 10.6 Å². The van der Waals surface area contributed by atoms with E-state index in [9.17, 15) is 4.79 Å². The highest BCUT2D eigenvalue weighted by Crippen LogP contribution is 2.34. The first-order valence-electron chi connectivity index (χ1n) is 8.68. The third kappa shape index (κ3) is 3.61. The predicted octanol–water partition coefficient (Wildman–Crippen LogP) is 2.59. The molecule has 5 nitrogen and oxygen atoms in total. The van der Waals surface area contributed by atoms with E-state index in [1.165, 1.54) is 12.8 Å². The second-order valence-corrected chi connectivity index (χ2v) is 6.91. The van der Waals surface area contributed by atoms with Gasteiger partial charge in [0.25, 0.3) is 0 Å². The van der Waals surface area contributed by atoms with Gasteiger partial charge in [-0.1, -0.05) is 18.2 Å². The van der Waals surface area contributed by atoms with Gasteiger partial charge in [0.1, 0.15) is 5.75 Å². The minimum absolute atomic E-state index is 0.122. The molecule has 0 unspecified atom stereocenters. The molecular formula is C18H24N2O3. The molecule has 2 aliphatic heterocycles. The zero-order chi connectivity index (χ0) is 15.6. The number of fused-ring (bicyclic) bond motifs is 2. The lowest BCUT2D eigenvalue weighted by molar-refractivity contribution is 0.0981. The van der Waals surface area contributed by atoms with Crippen LogP contribution in [0, 0.1) is 5.92 Å². The molecule has 2 bridgehead atoms. The Balaban J connectivity index is 1.27. The number of urea groups is 1. The third-order valence-electron chi connectivity index (χ3n) is 5.01. The van der Waals surface area contributed by atoms with Crippen molar-refractivity contribution < 1.29 is 14.3 Å². The van der Waals surface area contributed by atoms with E-state index < -0.39 is 0 Å². The molecule has 1 saturated carbocycles. The fourth-order valence-electron chi connectivity index (χ4n) is 3.47. The molecule has 2 saturated heterocycles. The molecule has 1 aromatic rings. The van der Waals surface area contributed by atoms with Gasteiger partial charge in [0.15, 0.2) is 0 Å². The van der Waals surface area contributed by atoms with Gasteiger partial charge in [-0.25, -0.2) is 4.79 Å². The number of ether oxygens (including phenoxy) is 2. The van der Waals surface area contributed by atoms with Crippen LogP contribution in [-0.2, 0) is 11.3 Å². The first kappa shape index (κ1) is 14.8. The van der Waals surface area contributed by atoms with Gasteiger partial charge >= 0.3 is 6.03 Å². The Morgan fingerprint density at radius 1 is 1.22 bits per heavy atom. The number of carbonyl (C=O) groups is 1. The quantitative estimate of drug-likeness (QED) is 0.848. The van der Waals surface area contributed by atoms with Crippen LogP contribution < -0.4 is 15.4 Å². The first-order valence-corrected chi connectivity index (χ1v) is 8.68. The number of para-hydroxylation sites is 1. The summed E-state index contributed by atoms with van der Waals surface area (Å²) in [7, 11) is 0. The van der Waals surface area contributed by atoms with Crippen molar-refractivity contribution in [2.75, 3.05) is 6.61 Å². The van der Waals surface area contributed by atoms with Gasteiger partial charge in [-0.05, 0) is 44.1 Å². The summed E-state index contributed by atoms with van der Waals surface area (Å²) in [5.41, 5.74) is 1.02. The van der Waals surface area contributed by atoms with Gasteiger partial charge in [0.2, 0.25) is 0 Å². The first-order chi connectivity index (χ1) is 11.3. The smallest absolute Gasteiger partial charge is 0.315 e. The van der Waals surface area contributed by atoms with Crippen LogP contribution in [0.25, 0.3) is 0 Å².